The summed E-state index contributed by atoms with van der Waals surface area (Å²) in [5.74, 6) is 3.13. The first-order valence-electron chi connectivity index (χ1n) is 10.5. The van der Waals surface area contributed by atoms with E-state index in [-0.39, 0.29) is 11.7 Å². The van der Waals surface area contributed by atoms with E-state index in [0.29, 0.717) is 15.9 Å². The number of hydrogen-bond donors (Lipinski definition) is 1. The third-order valence-electron chi connectivity index (χ3n) is 5.32. The maximum atomic E-state index is 12.6. The topological polar surface area (TPSA) is 63.1 Å². The van der Waals surface area contributed by atoms with E-state index in [1.54, 1.807) is 0 Å². The van der Waals surface area contributed by atoms with Crippen LogP contribution in [0.15, 0.2) is 41.6 Å². The van der Waals surface area contributed by atoms with Gasteiger partial charge in [0.15, 0.2) is 5.16 Å². The first-order chi connectivity index (χ1) is 15.4. The standard InChI is InChI=1S/C23H26ClN5OS2/c1-15-4-5-16(2)21(12-15)29-17(3)26-27-23(29)32-14-22(30)25-18-6-7-20(19(24)13-18)28-8-10-31-11-9-28/h4-7,12-13H,8-11,14H2,1-3H3,(H,25,30). The summed E-state index contributed by atoms with van der Waals surface area (Å²) in [6.45, 7) is 8.03. The SMILES string of the molecule is Cc1ccc(C)c(-n2c(C)nnc2SCC(=O)Nc2ccc(N3CCSCC3)c(Cl)c2)c1. The Hall–Kier alpha value is -2.16. The monoisotopic (exact) mass is 487 g/mol. The molecule has 1 amide bonds. The molecule has 0 spiro atoms. The molecule has 1 aliphatic rings. The summed E-state index contributed by atoms with van der Waals surface area (Å²) in [5.41, 5.74) is 5.05. The maximum Gasteiger partial charge on any atom is 0.234 e. The van der Waals surface area contributed by atoms with E-state index in [0.717, 1.165) is 52.9 Å². The van der Waals surface area contributed by atoms with Gasteiger partial charge in [0.2, 0.25) is 5.91 Å². The summed E-state index contributed by atoms with van der Waals surface area (Å²) in [6, 6.07) is 12.0. The fourth-order valence-corrected chi connectivity index (χ4v) is 5.64. The lowest BCUT2D eigenvalue weighted by Gasteiger charge is -2.29. The van der Waals surface area contributed by atoms with E-state index in [2.05, 4.69) is 52.5 Å². The van der Waals surface area contributed by atoms with Crippen LogP contribution in [0.5, 0.6) is 0 Å². The van der Waals surface area contributed by atoms with Crippen LogP contribution in [0, 0.1) is 20.8 Å². The second-order valence-corrected chi connectivity index (χ2v) is 10.3. The lowest BCUT2D eigenvalue weighted by Crippen LogP contribution is -2.32. The largest absolute Gasteiger partial charge is 0.369 e. The molecule has 0 aliphatic carbocycles. The van der Waals surface area contributed by atoms with E-state index in [1.165, 1.54) is 11.8 Å². The van der Waals surface area contributed by atoms with Crippen molar-refractivity contribution in [1.82, 2.24) is 14.8 Å². The number of rotatable bonds is 6. The average Bonchev–Trinajstić information content (AvgIpc) is 3.15. The number of amides is 1. The van der Waals surface area contributed by atoms with Crippen molar-refractivity contribution < 1.29 is 4.79 Å². The van der Waals surface area contributed by atoms with Gasteiger partial charge < -0.3 is 10.2 Å². The zero-order chi connectivity index (χ0) is 22.7. The van der Waals surface area contributed by atoms with Gasteiger partial charge in [-0.25, -0.2) is 0 Å². The highest BCUT2D eigenvalue weighted by molar-refractivity contribution is 7.99. The summed E-state index contributed by atoms with van der Waals surface area (Å²) in [6.07, 6.45) is 0. The Kier molecular flexibility index (Phi) is 7.33. The molecule has 1 saturated heterocycles. The van der Waals surface area contributed by atoms with E-state index >= 15 is 0 Å². The average molecular weight is 488 g/mol. The van der Waals surface area contributed by atoms with Gasteiger partial charge in [-0.15, -0.1) is 10.2 Å². The Morgan fingerprint density at radius 3 is 2.62 bits per heavy atom. The highest BCUT2D eigenvalue weighted by atomic mass is 35.5. The molecule has 32 heavy (non-hydrogen) atoms. The molecule has 3 aromatic rings. The molecule has 1 N–H and O–H groups in total. The summed E-state index contributed by atoms with van der Waals surface area (Å²) < 4.78 is 2.00. The molecule has 1 aromatic heterocycles. The van der Waals surface area contributed by atoms with Gasteiger partial charge in [-0.05, 0) is 56.2 Å². The van der Waals surface area contributed by atoms with Gasteiger partial charge in [-0.2, -0.15) is 11.8 Å². The molecule has 0 radical (unpaired) electrons. The Morgan fingerprint density at radius 2 is 1.88 bits per heavy atom. The third kappa shape index (κ3) is 5.24. The second-order valence-electron chi connectivity index (χ2n) is 7.76. The number of carbonyl (C=O) groups is 1. The Bertz CT molecular complexity index is 1130. The minimum Gasteiger partial charge on any atom is -0.369 e. The Labute approximate surface area is 202 Å². The lowest BCUT2D eigenvalue weighted by atomic mass is 10.1. The lowest BCUT2D eigenvalue weighted by molar-refractivity contribution is -0.113. The Morgan fingerprint density at radius 1 is 1.09 bits per heavy atom. The van der Waals surface area contributed by atoms with Gasteiger partial charge in [-0.3, -0.25) is 9.36 Å². The van der Waals surface area contributed by atoms with Gasteiger partial charge in [0.05, 0.1) is 22.2 Å². The van der Waals surface area contributed by atoms with Gasteiger partial charge in [0.1, 0.15) is 5.82 Å². The number of nitrogens with one attached hydrogen (secondary N) is 1. The second kappa shape index (κ2) is 10.2. The zero-order valence-electron chi connectivity index (χ0n) is 18.4. The third-order valence-corrected chi connectivity index (χ3v) is 7.49. The van der Waals surface area contributed by atoms with Crippen LogP contribution >= 0.6 is 35.1 Å². The van der Waals surface area contributed by atoms with Crippen LogP contribution in [0.25, 0.3) is 5.69 Å². The molecule has 1 aliphatic heterocycles. The molecule has 0 atom stereocenters. The van der Waals surface area contributed by atoms with Gasteiger partial charge in [0.25, 0.3) is 0 Å². The van der Waals surface area contributed by atoms with Crippen LogP contribution in [0.2, 0.25) is 5.02 Å². The molecule has 2 aromatic carbocycles. The van der Waals surface area contributed by atoms with Crippen LogP contribution in [0.3, 0.4) is 0 Å². The summed E-state index contributed by atoms with van der Waals surface area (Å²) in [7, 11) is 0. The quantitative estimate of drug-likeness (QED) is 0.486. The molecule has 6 nitrogen and oxygen atoms in total. The number of anilines is 2. The molecule has 4 rings (SSSR count). The van der Waals surface area contributed by atoms with Crippen molar-refractivity contribution in [3.63, 3.8) is 0 Å². The minimum absolute atomic E-state index is 0.110. The summed E-state index contributed by atoms with van der Waals surface area (Å²) in [5, 5.41) is 12.8. The van der Waals surface area contributed by atoms with Crippen molar-refractivity contribution in [2.24, 2.45) is 0 Å². The minimum atomic E-state index is -0.110. The predicted octanol–water partition coefficient (Wildman–Crippen LogP) is 5.13. The molecular weight excluding hydrogens is 462 g/mol. The first kappa shape index (κ1) is 23.0. The number of aryl methyl sites for hydroxylation is 3. The van der Waals surface area contributed by atoms with Crippen molar-refractivity contribution in [2.45, 2.75) is 25.9 Å². The number of aromatic nitrogens is 3. The number of halogens is 1. The van der Waals surface area contributed by atoms with Crippen LogP contribution in [0.1, 0.15) is 17.0 Å². The fourth-order valence-electron chi connectivity index (χ4n) is 3.65. The number of carbonyl (C=O) groups excluding carboxylic acids is 1. The van der Waals surface area contributed by atoms with Gasteiger partial charge >= 0.3 is 0 Å². The van der Waals surface area contributed by atoms with E-state index in [9.17, 15) is 4.79 Å². The van der Waals surface area contributed by atoms with Crippen LogP contribution in [-0.4, -0.2) is 51.0 Å². The highest BCUT2D eigenvalue weighted by Crippen LogP contribution is 2.31. The molecule has 2 heterocycles. The maximum absolute atomic E-state index is 12.6. The van der Waals surface area contributed by atoms with E-state index < -0.39 is 0 Å². The van der Waals surface area contributed by atoms with Crippen molar-refractivity contribution in [2.75, 3.05) is 40.6 Å². The van der Waals surface area contributed by atoms with Crippen molar-refractivity contribution >= 4 is 52.4 Å². The first-order valence-corrected chi connectivity index (χ1v) is 13.0. The van der Waals surface area contributed by atoms with Crippen molar-refractivity contribution in [1.29, 1.82) is 0 Å². The highest BCUT2D eigenvalue weighted by Gasteiger charge is 2.17. The zero-order valence-corrected chi connectivity index (χ0v) is 20.8. The molecule has 0 saturated carbocycles. The number of thioether (sulfide) groups is 2. The van der Waals surface area contributed by atoms with Crippen LogP contribution in [-0.2, 0) is 4.79 Å². The summed E-state index contributed by atoms with van der Waals surface area (Å²) in [4.78, 5) is 14.9. The van der Waals surface area contributed by atoms with Gasteiger partial charge in [0, 0.05) is 30.3 Å². The molecule has 168 valence electrons. The number of benzene rings is 2. The number of hydrogen-bond acceptors (Lipinski definition) is 6. The van der Waals surface area contributed by atoms with Crippen LogP contribution in [0.4, 0.5) is 11.4 Å². The molecule has 1 fully saturated rings. The molecule has 0 unspecified atom stereocenters. The Balaban J connectivity index is 1.42. The summed E-state index contributed by atoms with van der Waals surface area (Å²) >= 11 is 9.84. The smallest absolute Gasteiger partial charge is 0.234 e. The fraction of sp³-hybridized carbons (Fsp3) is 0.348. The van der Waals surface area contributed by atoms with Crippen LogP contribution < -0.4 is 10.2 Å². The molecule has 0 bridgehead atoms. The predicted molar refractivity (Wildman–Crippen MR) is 136 cm³/mol. The molecule has 9 heteroatoms. The van der Waals surface area contributed by atoms with Gasteiger partial charge in [-0.1, -0.05) is 35.5 Å². The normalized spacial score (nSPS) is 13.9. The van der Waals surface area contributed by atoms with Crippen molar-refractivity contribution in [3.05, 3.63) is 58.4 Å². The van der Waals surface area contributed by atoms with E-state index in [4.69, 9.17) is 11.6 Å². The van der Waals surface area contributed by atoms with E-state index in [1.807, 2.05) is 41.5 Å². The van der Waals surface area contributed by atoms with Crippen molar-refractivity contribution in [3.8, 4) is 5.69 Å². The molecular formula is C23H26ClN5OS2. The number of nitrogens with zero attached hydrogens (tertiary/aromatic N) is 4.